The van der Waals surface area contributed by atoms with Crippen LogP contribution in [0.5, 0.6) is 6.01 Å². The van der Waals surface area contributed by atoms with Gasteiger partial charge in [-0.1, -0.05) is 24.8 Å². The summed E-state index contributed by atoms with van der Waals surface area (Å²) < 4.78 is 52.8. The summed E-state index contributed by atoms with van der Waals surface area (Å²) in [6.45, 7) is 6.42. The number of benzene rings is 2. The SMILES string of the molecule is C=C(F)C(=O)N1CCC2[C@H]1CN2c1nc(OCC23CCCN2CCC3)nc2c(F)c(-c3cccc4c3CCCC4)c(F)cc12. The number of anilines is 1. The fourth-order valence-electron chi connectivity index (χ4n) is 8.64. The Hall–Kier alpha value is -3.66. The number of aryl methyl sites for hydroxylation is 1. The van der Waals surface area contributed by atoms with E-state index in [-0.39, 0.29) is 40.1 Å². The first-order valence-corrected chi connectivity index (χ1v) is 16.0. The highest BCUT2D eigenvalue weighted by atomic mass is 19.1. The molecule has 4 saturated heterocycles. The molecule has 5 heterocycles. The molecule has 2 aromatic carbocycles. The minimum atomic E-state index is -0.987. The zero-order chi connectivity index (χ0) is 30.2. The van der Waals surface area contributed by atoms with Gasteiger partial charge in [0.1, 0.15) is 23.8 Å². The molecular formula is C34H36F3N5O2. The molecule has 3 aromatic rings. The van der Waals surface area contributed by atoms with Crippen molar-refractivity contribution in [3.63, 3.8) is 0 Å². The van der Waals surface area contributed by atoms with Gasteiger partial charge in [-0.15, -0.1) is 0 Å². The van der Waals surface area contributed by atoms with Crippen LogP contribution in [0.2, 0.25) is 0 Å². The molecule has 0 N–H and O–H groups in total. The zero-order valence-corrected chi connectivity index (χ0v) is 24.8. The summed E-state index contributed by atoms with van der Waals surface area (Å²) in [5, 5.41) is 0.264. The third kappa shape index (κ3) is 4.24. The molecule has 0 bridgehead atoms. The number of carbonyl (C=O) groups excluding carboxylic acids is 1. The molecule has 5 aliphatic rings. The minimum Gasteiger partial charge on any atom is -0.461 e. The van der Waals surface area contributed by atoms with Crippen molar-refractivity contribution in [3.8, 4) is 17.1 Å². The molecule has 1 unspecified atom stereocenters. The largest absolute Gasteiger partial charge is 0.461 e. The predicted molar refractivity (Wildman–Crippen MR) is 161 cm³/mol. The Labute approximate surface area is 254 Å². The Balaban J connectivity index is 1.22. The molecule has 0 saturated carbocycles. The summed E-state index contributed by atoms with van der Waals surface area (Å²) in [5.74, 6) is -2.69. The Morgan fingerprint density at radius 3 is 2.64 bits per heavy atom. The van der Waals surface area contributed by atoms with Crippen LogP contribution in [-0.4, -0.2) is 76.1 Å². The van der Waals surface area contributed by atoms with Gasteiger partial charge < -0.3 is 14.5 Å². The van der Waals surface area contributed by atoms with Crippen molar-refractivity contribution in [1.29, 1.82) is 0 Å². The highest BCUT2D eigenvalue weighted by Crippen LogP contribution is 2.44. The van der Waals surface area contributed by atoms with E-state index in [9.17, 15) is 9.18 Å². The van der Waals surface area contributed by atoms with Gasteiger partial charge in [-0.3, -0.25) is 9.69 Å². The second-order valence-electron chi connectivity index (χ2n) is 13.1. The molecule has 44 heavy (non-hydrogen) atoms. The van der Waals surface area contributed by atoms with Gasteiger partial charge in [0.25, 0.3) is 5.91 Å². The third-order valence-electron chi connectivity index (χ3n) is 10.8. The number of aromatic nitrogens is 2. The summed E-state index contributed by atoms with van der Waals surface area (Å²) in [4.78, 5) is 27.7. The maximum atomic E-state index is 16.7. The molecule has 10 heteroatoms. The number of nitrogens with zero attached hydrogens (tertiary/aromatic N) is 5. The van der Waals surface area contributed by atoms with E-state index in [1.807, 2.05) is 17.0 Å². The quantitative estimate of drug-likeness (QED) is 0.336. The first-order valence-electron chi connectivity index (χ1n) is 16.0. The second kappa shape index (κ2) is 10.5. The van der Waals surface area contributed by atoms with Gasteiger partial charge in [-0.25, -0.2) is 13.2 Å². The van der Waals surface area contributed by atoms with E-state index in [1.54, 1.807) is 6.07 Å². The van der Waals surface area contributed by atoms with Gasteiger partial charge in [-0.2, -0.15) is 9.97 Å². The lowest BCUT2D eigenvalue weighted by molar-refractivity contribution is -0.130. The molecule has 230 valence electrons. The van der Waals surface area contributed by atoms with Crippen LogP contribution in [0.15, 0.2) is 36.7 Å². The van der Waals surface area contributed by atoms with Crippen molar-refractivity contribution in [2.24, 2.45) is 0 Å². The number of halogens is 3. The van der Waals surface area contributed by atoms with Gasteiger partial charge in [0.05, 0.1) is 23.2 Å². The lowest BCUT2D eigenvalue weighted by atomic mass is 9.85. The van der Waals surface area contributed by atoms with Crippen LogP contribution in [0, 0.1) is 11.6 Å². The van der Waals surface area contributed by atoms with Crippen LogP contribution >= 0.6 is 0 Å². The molecule has 0 spiro atoms. The Morgan fingerprint density at radius 2 is 1.84 bits per heavy atom. The summed E-state index contributed by atoms with van der Waals surface area (Å²) in [6, 6.07) is 6.75. The number of amides is 1. The van der Waals surface area contributed by atoms with Gasteiger partial charge >= 0.3 is 6.01 Å². The molecule has 1 aromatic heterocycles. The molecular weight excluding hydrogens is 567 g/mol. The minimum absolute atomic E-state index is 0.0218. The summed E-state index contributed by atoms with van der Waals surface area (Å²) in [6.07, 6.45) is 8.62. The van der Waals surface area contributed by atoms with Crippen LogP contribution < -0.4 is 9.64 Å². The highest BCUT2D eigenvalue weighted by Gasteiger charge is 2.50. The van der Waals surface area contributed by atoms with E-state index in [4.69, 9.17) is 9.72 Å². The molecule has 8 rings (SSSR count). The number of carbonyl (C=O) groups is 1. The summed E-state index contributed by atoms with van der Waals surface area (Å²) >= 11 is 0. The van der Waals surface area contributed by atoms with Crippen LogP contribution in [0.3, 0.4) is 0 Å². The number of hydrogen-bond donors (Lipinski definition) is 0. The Bertz CT molecular complexity index is 1690. The first-order chi connectivity index (χ1) is 21.3. The molecule has 1 amide bonds. The summed E-state index contributed by atoms with van der Waals surface area (Å²) in [7, 11) is 0. The van der Waals surface area contributed by atoms with Gasteiger partial charge in [0.2, 0.25) is 0 Å². The Morgan fingerprint density at radius 1 is 1.05 bits per heavy atom. The van der Waals surface area contributed by atoms with Gasteiger partial charge in [-0.05, 0) is 93.6 Å². The number of hydrogen-bond acceptors (Lipinski definition) is 6. The molecule has 7 nitrogen and oxygen atoms in total. The van der Waals surface area contributed by atoms with E-state index in [0.29, 0.717) is 37.5 Å². The average Bonchev–Trinajstić information content (AvgIpc) is 3.69. The van der Waals surface area contributed by atoms with Crippen molar-refractivity contribution < 1.29 is 22.7 Å². The van der Waals surface area contributed by atoms with E-state index in [2.05, 4.69) is 16.5 Å². The van der Waals surface area contributed by atoms with E-state index in [0.717, 1.165) is 75.6 Å². The number of ether oxygens (including phenoxy) is 1. The van der Waals surface area contributed by atoms with E-state index < -0.39 is 23.4 Å². The fraction of sp³-hybridized carbons (Fsp3) is 0.500. The van der Waals surface area contributed by atoms with Crippen molar-refractivity contribution >= 4 is 22.6 Å². The maximum absolute atomic E-state index is 16.7. The Kier molecular flexibility index (Phi) is 6.63. The highest BCUT2D eigenvalue weighted by molar-refractivity contribution is 5.95. The number of fused-ring (bicyclic) bond motifs is 4. The predicted octanol–water partition coefficient (Wildman–Crippen LogP) is 5.73. The van der Waals surface area contributed by atoms with E-state index >= 15 is 8.78 Å². The molecule has 4 aliphatic heterocycles. The molecule has 2 atom stereocenters. The van der Waals surface area contributed by atoms with Crippen LogP contribution in [0.25, 0.3) is 22.0 Å². The van der Waals surface area contributed by atoms with Crippen molar-refractivity contribution in [2.75, 3.05) is 37.7 Å². The number of rotatable bonds is 6. The van der Waals surface area contributed by atoms with Crippen LogP contribution in [-0.2, 0) is 17.6 Å². The normalized spacial score (nSPS) is 23.8. The standard InChI is InChI=1S/C34H36F3N5O2/c1-20(35)32(43)41-16-11-26-27(41)18-42(26)31-24-17-25(36)28(23-10-4-8-21-7-2-3-9-22(21)23)29(37)30(24)38-33(39-31)44-19-34-12-5-14-40(34)15-6-13-34/h4,8,10,17,26-27H,1-3,5-7,9,11-16,18-19H2/t26?,27-/m1/s1. The van der Waals surface area contributed by atoms with Crippen molar-refractivity contribution in [1.82, 2.24) is 19.8 Å². The van der Waals surface area contributed by atoms with Gasteiger partial charge in [0.15, 0.2) is 11.6 Å². The third-order valence-corrected chi connectivity index (χ3v) is 10.8. The second-order valence-corrected chi connectivity index (χ2v) is 13.1. The van der Waals surface area contributed by atoms with Crippen LogP contribution in [0.1, 0.15) is 56.1 Å². The lowest BCUT2D eigenvalue weighted by Crippen LogP contribution is -2.63. The van der Waals surface area contributed by atoms with Crippen molar-refractivity contribution in [3.05, 3.63) is 59.4 Å². The monoisotopic (exact) mass is 603 g/mol. The molecule has 4 fully saturated rings. The lowest BCUT2D eigenvalue weighted by Gasteiger charge is -2.47. The molecule has 0 radical (unpaired) electrons. The molecule has 1 aliphatic carbocycles. The van der Waals surface area contributed by atoms with E-state index in [1.165, 1.54) is 11.0 Å². The summed E-state index contributed by atoms with van der Waals surface area (Å²) in [5.41, 5.74) is 2.61. The first kappa shape index (κ1) is 27.9. The van der Waals surface area contributed by atoms with Crippen LogP contribution in [0.4, 0.5) is 19.0 Å². The topological polar surface area (TPSA) is 61.8 Å². The van der Waals surface area contributed by atoms with Gasteiger partial charge in [0, 0.05) is 18.5 Å². The average molecular weight is 604 g/mol. The van der Waals surface area contributed by atoms with Crippen molar-refractivity contribution in [2.45, 2.75) is 75.4 Å². The smallest absolute Gasteiger partial charge is 0.319 e. The zero-order valence-electron chi connectivity index (χ0n) is 24.8. The fourth-order valence-corrected chi connectivity index (χ4v) is 8.64. The maximum Gasteiger partial charge on any atom is 0.319 e. The number of likely N-dealkylation sites (tertiary alicyclic amines) is 1.